The van der Waals surface area contributed by atoms with Crippen LogP contribution in [0.1, 0.15) is 36.8 Å². The average Bonchev–Trinajstić information content (AvgIpc) is 2.56. The SMILES string of the molecule is CC(C)C(C)Nc1ccc(Cl)c(C(=O)N(C)Cc2cnccn2)c1. The Morgan fingerprint density at radius 3 is 2.67 bits per heavy atom. The predicted molar refractivity (Wildman–Crippen MR) is 97.2 cm³/mol. The first kappa shape index (κ1) is 18.2. The van der Waals surface area contributed by atoms with Gasteiger partial charge in [0.25, 0.3) is 5.91 Å². The van der Waals surface area contributed by atoms with Crippen LogP contribution in [0.2, 0.25) is 5.02 Å². The van der Waals surface area contributed by atoms with Gasteiger partial charge >= 0.3 is 0 Å². The molecule has 5 nitrogen and oxygen atoms in total. The number of carbonyl (C=O) groups is 1. The number of hydrogen-bond donors (Lipinski definition) is 1. The number of rotatable bonds is 6. The van der Waals surface area contributed by atoms with Crippen LogP contribution in [0.5, 0.6) is 0 Å². The van der Waals surface area contributed by atoms with Gasteiger partial charge < -0.3 is 10.2 Å². The lowest BCUT2D eigenvalue weighted by atomic mass is 10.1. The third-order valence-electron chi connectivity index (χ3n) is 3.95. The molecule has 1 aromatic heterocycles. The first-order valence-corrected chi connectivity index (χ1v) is 8.32. The Bertz CT molecular complexity index is 691. The molecule has 0 saturated carbocycles. The van der Waals surface area contributed by atoms with E-state index in [1.165, 1.54) is 0 Å². The second-order valence-corrected chi connectivity index (χ2v) is 6.64. The van der Waals surface area contributed by atoms with E-state index < -0.39 is 0 Å². The predicted octanol–water partition coefficient (Wildman–Crippen LogP) is 3.86. The van der Waals surface area contributed by atoms with Crippen LogP contribution < -0.4 is 5.32 Å². The van der Waals surface area contributed by atoms with Crippen molar-refractivity contribution in [3.05, 3.63) is 53.1 Å². The van der Waals surface area contributed by atoms with Gasteiger partial charge in [-0.15, -0.1) is 0 Å². The zero-order valence-corrected chi connectivity index (χ0v) is 15.2. The second-order valence-electron chi connectivity index (χ2n) is 6.23. The van der Waals surface area contributed by atoms with Gasteiger partial charge in [0.2, 0.25) is 0 Å². The van der Waals surface area contributed by atoms with Crippen molar-refractivity contribution in [2.24, 2.45) is 5.92 Å². The topological polar surface area (TPSA) is 58.1 Å². The number of amides is 1. The molecule has 0 saturated heterocycles. The maximum absolute atomic E-state index is 12.7. The van der Waals surface area contributed by atoms with E-state index in [1.54, 1.807) is 42.7 Å². The van der Waals surface area contributed by atoms with Crippen molar-refractivity contribution in [2.75, 3.05) is 12.4 Å². The van der Waals surface area contributed by atoms with E-state index >= 15 is 0 Å². The number of nitrogens with one attached hydrogen (secondary N) is 1. The fourth-order valence-electron chi connectivity index (χ4n) is 2.14. The zero-order valence-electron chi connectivity index (χ0n) is 14.5. The van der Waals surface area contributed by atoms with Crippen molar-refractivity contribution in [3.63, 3.8) is 0 Å². The average molecular weight is 347 g/mol. The Morgan fingerprint density at radius 2 is 2.04 bits per heavy atom. The normalized spacial score (nSPS) is 12.1. The summed E-state index contributed by atoms with van der Waals surface area (Å²) in [6.45, 7) is 6.78. The van der Waals surface area contributed by atoms with Gasteiger partial charge in [-0.2, -0.15) is 0 Å². The molecule has 0 aliphatic carbocycles. The molecule has 0 fully saturated rings. The molecule has 24 heavy (non-hydrogen) atoms. The van der Waals surface area contributed by atoms with Crippen molar-refractivity contribution < 1.29 is 4.79 Å². The van der Waals surface area contributed by atoms with Gasteiger partial charge in [-0.1, -0.05) is 25.4 Å². The summed E-state index contributed by atoms with van der Waals surface area (Å²) in [5.41, 5.74) is 2.09. The van der Waals surface area contributed by atoms with Crippen LogP contribution in [-0.4, -0.2) is 33.9 Å². The third-order valence-corrected chi connectivity index (χ3v) is 4.28. The smallest absolute Gasteiger partial charge is 0.255 e. The van der Waals surface area contributed by atoms with Crippen molar-refractivity contribution >= 4 is 23.2 Å². The highest BCUT2D eigenvalue weighted by molar-refractivity contribution is 6.34. The minimum atomic E-state index is -0.147. The molecule has 0 spiro atoms. The number of aromatic nitrogens is 2. The van der Waals surface area contributed by atoms with Crippen LogP contribution in [0, 0.1) is 5.92 Å². The standard InChI is InChI=1S/C18H23ClN4O/c1-12(2)13(3)22-14-5-6-17(19)16(9-14)18(24)23(4)11-15-10-20-7-8-21-15/h5-10,12-13,22H,11H2,1-4H3. The van der Waals surface area contributed by atoms with Crippen molar-refractivity contribution in [1.29, 1.82) is 0 Å². The minimum Gasteiger partial charge on any atom is -0.382 e. The van der Waals surface area contributed by atoms with Crippen LogP contribution in [0.4, 0.5) is 5.69 Å². The Morgan fingerprint density at radius 1 is 1.29 bits per heavy atom. The van der Waals surface area contributed by atoms with E-state index in [-0.39, 0.29) is 5.91 Å². The van der Waals surface area contributed by atoms with Gasteiger partial charge in [-0.25, -0.2) is 0 Å². The van der Waals surface area contributed by atoms with Crippen molar-refractivity contribution in [2.45, 2.75) is 33.4 Å². The lowest BCUT2D eigenvalue weighted by Gasteiger charge is -2.21. The van der Waals surface area contributed by atoms with E-state index in [1.807, 2.05) is 6.07 Å². The number of halogens is 1. The molecule has 1 heterocycles. The van der Waals surface area contributed by atoms with Crippen LogP contribution in [0.3, 0.4) is 0 Å². The number of anilines is 1. The summed E-state index contributed by atoms with van der Waals surface area (Å²) >= 11 is 6.23. The van der Waals surface area contributed by atoms with Crippen LogP contribution in [0.25, 0.3) is 0 Å². The highest BCUT2D eigenvalue weighted by Gasteiger charge is 2.17. The van der Waals surface area contributed by atoms with Gasteiger partial charge in [-0.05, 0) is 31.0 Å². The Hall–Kier alpha value is -2.14. The largest absolute Gasteiger partial charge is 0.382 e. The highest BCUT2D eigenvalue weighted by atomic mass is 35.5. The summed E-state index contributed by atoms with van der Waals surface area (Å²) in [6, 6.07) is 5.74. The molecule has 1 N–H and O–H groups in total. The van der Waals surface area contributed by atoms with E-state index in [0.29, 0.717) is 29.1 Å². The van der Waals surface area contributed by atoms with Gasteiger partial charge in [0.1, 0.15) is 0 Å². The molecule has 0 aliphatic heterocycles. The van der Waals surface area contributed by atoms with Crippen molar-refractivity contribution in [1.82, 2.24) is 14.9 Å². The van der Waals surface area contributed by atoms with E-state index in [2.05, 4.69) is 36.1 Å². The summed E-state index contributed by atoms with van der Waals surface area (Å²) in [6.07, 6.45) is 4.86. The second kappa shape index (κ2) is 8.11. The lowest BCUT2D eigenvalue weighted by molar-refractivity contribution is 0.0783. The summed E-state index contributed by atoms with van der Waals surface area (Å²) in [4.78, 5) is 22.5. The molecule has 0 bridgehead atoms. The third kappa shape index (κ3) is 4.68. The number of nitrogens with zero attached hydrogens (tertiary/aromatic N) is 3. The Labute approximate surface area is 148 Å². The fourth-order valence-corrected chi connectivity index (χ4v) is 2.34. The molecule has 1 atom stereocenters. The maximum Gasteiger partial charge on any atom is 0.255 e. The first-order valence-electron chi connectivity index (χ1n) is 7.95. The van der Waals surface area contributed by atoms with Gasteiger partial charge in [0.05, 0.1) is 29.0 Å². The molecular formula is C18H23ClN4O. The molecule has 2 aromatic rings. The molecule has 0 aliphatic rings. The number of benzene rings is 1. The molecule has 128 valence electrons. The van der Waals surface area contributed by atoms with E-state index in [0.717, 1.165) is 11.4 Å². The minimum absolute atomic E-state index is 0.147. The van der Waals surface area contributed by atoms with E-state index in [9.17, 15) is 4.79 Å². The number of hydrogen-bond acceptors (Lipinski definition) is 4. The summed E-state index contributed by atoms with van der Waals surface area (Å²) in [5.74, 6) is 0.339. The Balaban J connectivity index is 2.15. The first-order chi connectivity index (χ1) is 11.4. The monoisotopic (exact) mass is 346 g/mol. The van der Waals surface area contributed by atoms with Crippen LogP contribution in [-0.2, 0) is 6.54 Å². The fraction of sp³-hybridized carbons (Fsp3) is 0.389. The van der Waals surface area contributed by atoms with Crippen LogP contribution >= 0.6 is 11.6 Å². The summed E-state index contributed by atoms with van der Waals surface area (Å²) < 4.78 is 0. The lowest BCUT2D eigenvalue weighted by Crippen LogP contribution is -2.27. The Kier molecular flexibility index (Phi) is 6.15. The molecule has 6 heteroatoms. The molecule has 1 aromatic carbocycles. The highest BCUT2D eigenvalue weighted by Crippen LogP contribution is 2.23. The summed E-state index contributed by atoms with van der Waals surface area (Å²) in [5, 5.41) is 3.84. The molecule has 1 amide bonds. The van der Waals surface area contributed by atoms with Gasteiger partial charge in [0.15, 0.2) is 0 Å². The quantitative estimate of drug-likeness (QED) is 0.862. The number of carbonyl (C=O) groups excluding carboxylic acids is 1. The van der Waals surface area contributed by atoms with Crippen molar-refractivity contribution in [3.8, 4) is 0 Å². The molecule has 1 unspecified atom stereocenters. The molecule has 0 radical (unpaired) electrons. The molecular weight excluding hydrogens is 324 g/mol. The summed E-state index contributed by atoms with van der Waals surface area (Å²) in [7, 11) is 1.73. The molecule has 2 rings (SSSR count). The van der Waals surface area contributed by atoms with Crippen LogP contribution in [0.15, 0.2) is 36.8 Å². The zero-order chi connectivity index (χ0) is 17.7. The van der Waals surface area contributed by atoms with Gasteiger partial charge in [-0.3, -0.25) is 14.8 Å². The van der Waals surface area contributed by atoms with E-state index in [4.69, 9.17) is 11.6 Å². The van der Waals surface area contributed by atoms with Gasteiger partial charge in [0, 0.05) is 31.2 Å². The maximum atomic E-state index is 12.7.